The molecule has 1 unspecified atom stereocenters. The molecule has 0 fully saturated rings. The number of sulfonamides is 1. The van der Waals surface area contributed by atoms with Gasteiger partial charge in [0.05, 0.1) is 17.7 Å². The van der Waals surface area contributed by atoms with Crippen LogP contribution in [-0.4, -0.2) is 64.8 Å². The summed E-state index contributed by atoms with van der Waals surface area (Å²) < 4.78 is 47.5. The molecule has 4 aromatic carbocycles. The monoisotopic (exact) mass is 795 g/mol. The van der Waals surface area contributed by atoms with Crippen molar-refractivity contribution < 1.29 is 16.8 Å². The molecule has 2 heterocycles. The van der Waals surface area contributed by atoms with E-state index in [2.05, 4.69) is 71.6 Å². The molecule has 0 saturated carbocycles. The first-order valence-corrected chi connectivity index (χ1v) is 21.3. The van der Waals surface area contributed by atoms with Crippen molar-refractivity contribution in [3.05, 3.63) is 107 Å². The lowest BCUT2D eigenvalue weighted by Crippen LogP contribution is -2.34. The second-order valence-electron chi connectivity index (χ2n) is 14.9. The third-order valence-electron chi connectivity index (χ3n) is 9.21. The van der Waals surface area contributed by atoms with E-state index in [4.69, 9.17) is 24.4 Å². The molecule has 1 atom stereocenters. The summed E-state index contributed by atoms with van der Waals surface area (Å²) in [6, 6.07) is 25.3. The molecule has 56 heavy (non-hydrogen) atoms. The number of aromatic nitrogens is 3. The van der Waals surface area contributed by atoms with Crippen LogP contribution in [0.3, 0.4) is 0 Å². The van der Waals surface area contributed by atoms with Crippen LogP contribution >= 0.6 is 0 Å². The molecule has 1 aliphatic heterocycles. The molecule has 0 bridgehead atoms. The fraction of sp³-hybridized carbons (Fsp3) is 0.317. The molecule has 294 valence electrons. The van der Waals surface area contributed by atoms with Gasteiger partial charge in [0.1, 0.15) is 11.5 Å². The van der Waals surface area contributed by atoms with Crippen molar-refractivity contribution in [2.45, 2.75) is 55.4 Å². The number of benzene rings is 4. The maximum absolute atomic E-state index is 13.1. The maximum atomic E-state index is 13.1. The van der Waals surface area contributed by atoms with Crippen molar-refractivity contribution in [1.82, 2.24) is 19.6 Å². The van der Waals surface area contributed by atoms with Crippen LogP contribution in [0.5, 0.6) is 5.75 Å². The highest BCUT2D eigenvalue weighted by Crippen LogP contribution is 2.32. The zero-order chi connectivity index (χ0) is 40.4. The van der Waals surface area contributed by atoms with Crippen molar-refractivity contribution in [3.8, 4) is 17.1 Å². The summed E-state index contributed by atoms with van der Waals surface area (Å²) in [5.74, 6) is 1.52. The summed E-state index contributed by atoms with van der Waals surface area (Å²) >= 11 is -1.86. The minimum Gasteiger partial charge on any atom is -0.385 e. The third-order valence-corrected chi connectivity index (χ3v) is 10.7. The van der Waals surface area contributed by atoms with E-state index in [9.17, 15) is 12.6 Å². The van der Waals surface area contributed by atoms with Crippen LogP contribution in [0.15, 0.2) is 89.0 Å². The molecular formula is C41H49N9O4S2. The number of likely N-dealkylation sites (N-methyl/N-ethyl adjacent to an activating group) is 1. The number of rotatable bonds is 14. The molecule has 3 N–H and O–H groups in total. The van der Waals surface area contributed by atoms with Crippen molar-refractivity contribution in [2.24, 2.45) is 15.5 Å². The molecule has 15 heteroatoms. The summed E-state index contributed by atoms with van der Waals surface area (Å²) in [5, 5.41) is 13.0. The first-order valence-electron chi connectivity index (χ1n) is 18.4. The first kappa shape index (κ1) is 40.3. The van der Waals surface area contributed by atoms with Crippen LogP contribution in [0.25, 0.3) is 11.4 Å². The summed E-state index contributed by atoms with van der Waals surface area (Å²) in [7, 11) is -3.26. The number of anilines is 4. The Labute approximate surface area is 332 Å². The van der Waals surface area contributed by atoms with Gasteiger partial charge in [-0.05, 0) is 111 Å². The Morgan fingerprint density at radius 3 is 2.29 bits per heavy atom. The largest absolute Gasteiger partial charge is 0.385 e. The molecule has 0 aliphatic carbocycles. The standard InChI is InChI=1S/C41H49N9O4S2/c1-10-49(22-21-42-56(9,52)53)33-19-20-34(29(5)24-33)44-37-38(41(6,7)8)46-50-40(37)45-39(47-50)30-14-17-31(18-15-30)48-55(51)54-36-25-32(16-13-28(36)4)43-35-23-26(2)11-12-27(35)3/h11-20,23-25,42-43,48H,10,21-22H2,1-9H3. The topological polar surface area (TPSA) is 155 Å². The highest BCUT2D eigenvalue weighted by molar-refractivity contribution is 7.88. The number of fused-ring (bicyclic) bond motifs is 1. The quantitative estimate of drug-likeness (QED) is 0.103. The number of hydrogen-bond acceptors (Lipinski definition) is 10. The van der Waals surface area contributed by atoms with Gasteiger partial charge < -0.3 is 14.4 Å². The van der Waals surface area contributed by atoms with E-state index < -0.39 is 21.3 Å². The second kappa shape index (κ2) is 16.4. The molecule has 5 aromatic rings. The lowest BCUT2D eigenvalue weighted by Gasteiger charge is -2.24. The smallest absolute Gasteiger partial charge is 0.316 e. The average molecular weight is 796 g/mol. The maximum Gasteiger partial charge on any atom is 0.316 e. The molecule has 1 aromatic heterocycles. The molecule has 0 saturated heterocycles. The van der Waals surface area contributed by atoms with Gasteiger partial charge in [0.15, 0.2) is 5.82 Å². The minimum absolute atomic E-state index is 0.314. The van der Waals surface area contributed by atoms with Gasteiger partial charge in [-0.2, -0.15) is 9.31 Å². The molecule has 13 nitrogen and oxygen atoms in total. The molecule has 0 spiro atoms. The van der Waals surface area contributed by atoms with Crippen LogP contribution < -0.4 is 23.8 Å². The Kier molecular flexibility index (Phi) is 11.8. The Morgan fingerprint density at radius 1 is 0.893 bits per heavy atom. The molecular weight excluding hydrogens is 747 g/mol. The van der Waals surface area contributed by atoms with E-state index in [0.717, 1.165) is 69.1 Å². The zero-order valence-electron chi connectivity index (χ0n) is 33.3. The Morgan fingerprint density at radius 2 is 1.61 bits per heavy atom. The SMILES string of the molecule is CCN(CCNS(C)(=O)=O)c1ccc(N=C2C(C(C)(C)C)=Nn3nc(-c4ccc(NS(=O)Oc5cc(Nc6cc(C)ccc6C)ccc5C)cc4)nc32)c(C)c1. The highest BCUT2D eigenvalue weighted by atomic mass is 32.2. The predicted octanol–water partition coefficient (Wildman–Crippen LogP) is 7.75. The summed E-state index contributed by atoms with van der Waals surface area (Å²) in [6.45, 7) is 17.8. The Bertz CT molecular complexity index is 2450. The molecule has 6 rings (SSSR count). The molecule has 0 amide bonds. The van der Waals surface area contributed by atoms with E-state index in [-0.39, 0.29) is 5.41 Å². The predicted molar refractivity (Wildman–Crippen MR) is 229 cm³/mol. The van der Waals surface area contributed by atoms with Crippen molar-refractivity contribution in [1.29, 1.82) is 0 Å². The Balaban J connectivity index is 1.17. The average Bonchev–Trinajstić information content (AvgIpc) is 3.70. The van der Waals surface area contributed by atoms with Gasteiger partial charge in [-0.1, -0.05) is 39.0 Å². The van der Waals surface area contributed by atoms with Crippen molar-refractivity contribution in [3.63, 3.8) is 0 Å². The number of aryl methyl sites for hydroxylation is 4. The van der Waals surface area contributed by atoms with Crippen LogP contribution in [-0.2, 0) is 21.3 Å². The van der Waals surface area contributed by atoms with E-state index in [1.807, 2.05) is 70.2 Å². The molecule has 1 aliphatic rings. The highest BCUT2D eigenvalue weighted by Gasteiger charge is 2.35. The third kappa shape index (κ3) is 9.70. The van der Waals surface area contributed by atoms with Gasteiger partial charge in [0.2, 0.25) is 15.8 Å². The van der Waals surface area contributed by atoms with E-state index >= 15 is 0 Å². The summed E-state index contributed by atoms with van der Waals surface area (Å²) in [4.78, 5) is 13.6. The lowest BCUT2D eigenvalue weighted by atomic mass is 9.87. The van der Waals surface area contributed by atoms with Crippen LogP contribution in [0.1, 0.15) is 55.8 Å². The second-order valence-corrected chi connectivity index (χ2v) is 17.6. The number of hydrogen-bond donors (Lipinski definition) is 3. The van der Waals surface area contributed by atoms with Gasteiger partial charge in [-0.25, -0.2) is 23.1 Å². The van der Waals surface area contributed by atoms with E-state index in [1.54, 1.807) is 12.1 Å². The van der Waals surface area contributed by atoms with Crippen molar-refractivity contribution in [2.75, 3.05) is 40.8 Å². The van der Waals surface area contributed by atoms with Gasteiger partial charge in [-0.15, -0.1) is 9.89 Å². The van der Waals surface area contributed by atoms with Gasteiger partial charge in [0, 0.05) is 59.4 Å². The van der Waals surface area contributed by atoms with Crippen molar-refractivity contribution >= 4 is 61.2 Å². The fourth-order valence-corrected chi connectivity index (χ4v) is 7.27. The van der Waals surface area contributed by atoms with Gasteiger partial charge in [0.25, 0.3) is 0 Å². The summed E-state index contributed by atoms with van der Waals surface area (Å²) in [6.07, 6.45) is 1.16. The number of nitrogens with zero attached hydrogens (tertiary/aromatic N) is 6. The van der Waals surface area contributed by atoms with Crippen LogP contribution in [0.4, 0.5) is 28.4 Å². The van der Waals surface area contributed by atoms with Crippen LogP contribution in [0.2, 0.25) is 0 Å². The van der Waals surface area contributed by atoms with Gasteiger partial charge >= 0.3 is 11.3 Å². The summed E-state index contributed by atoms with van der Waals surface area (Å²) in [5.41, 5.74) is 10.1. The minimum atomic E-state index is -3.26. The normalized spacial score (nSPS) is 14.0. The van der Waals surface area contributed by atoms with E-state index in [0.29, 0.717) is 41.9 Å². The van der Waals surface area contributed by atoms with E-state index in [1.165, 1.54) is 4.79 Å². The van der Waals surface area contributed by atoms with Gasteiger partial charge in [-0.3, -0.25) is 4.72 Å². The fourth-order valence-electron chi connectivity index (χ4n) is 6.10. The number of aliphatic imine (C=N–C) groups is 1. The van der Waals surface area contributed by atoms with Crippen LogP contribution in [0, 0.1) is 33.1 Å². The number of nitrogens with one attached hydrogen (secondary N) is 3. The lowest BCUT2D eigenvalue weighted by molar-refractivity contribution is 0.564. The molecule has 0 radical (unpaired) electrons. The Hall–Kier alpha value is -5.38. The first-order chi connectivity index (χ1) is 26.5. The zero-order valence-corrected chi connectivity index (χ0v) is 34.9.